The number of piperazine rings is 1. The van der Waals surface area contributed by atoms with E-state index in [1.807, 2.05) is 37.3 Å². The zero-order valence-electron chi connectivity index (χ0n) is 16.7. The van der Waals surface area contributed by atoms with Crippen LogP contribution in [0.2, 0.25) is 0 Å². The van der Waals surface area contributed by atoms with Gasteiger partial charge in [-0.25, -0.2) is 0 Å². The highest BCUT2D eigenvalue weighted by Crippen LogP contribution is 2.28. The highest BCUT2D eigenvalue weighted by atomic mass is 32.1. The first-order valence-corrected chi connectivity index (χ1v) is 10.7. The average Bonchev–Trinajstić information content (AvgIpc) is 3.21. The molecule has 1 aromatic carbocycles. The number of aliphatic hydroxyl groups is 1. The Balaban J connectivity index is 1.42. The summed E-state index contributed by atoms with van der Waals surface area (Å²) in [5, 5.41) is 14.8. The lowest BCUT2D eigenvalue weighted by Crippen LogP contribution is -2.48. The molecule has 1 unspecified atom stereocenters. The van der Waals surface area contributed by atoms with Crippen molar-refractivity contribution in [1.82, 2.24) is 9.80 Å². The Hall–Kier alpha value is -1.86. The van der Waals surface area contributed by atoms with Crippen LogP contribution < -0.4 is 9.47 Å². The van der Waals surface area contributed by atoms with Gasteiger partial charge in [-0.15, -0.1) is 0 Å². The van der Waals surface area contributed by atoms with E-state index in [-0.39, 0.29) is 6.61 Å². The summed E-state index contributed by atoms with van der Waals surface area (Å²) in [7, 11) is 1.63. The smallest absolute Gasteiger partial charge is 0.161 e. The molecule has 0 saturated carbocycles. The minimum Gasteiger partial charge on any atom is -0.493 e. The van der Waals surface area contributed by atoms with Gasteiger partial charge in [-0.2, -0.15) is 11.3 Å². The van der Waals surface area contributed by atoms with Crippen LogP contribution >= 0.6 is 11.3 Å². The van der Waals surface area contributed by atoms with Crippen LogP contribution in [0, 0.1) is 0 Å². The van der Waals surface area contributed by atoms with Gasteiger partial charge in [0.05, 0.1) is 7.11 Å². The number of hydrogen-bond donors (Lipinski definition) is 1. The minimum absolute atomic E-state index is 0.258. The highest BCUT2D eigenvalue weighted by molar-refractivity contribution is 7.07. The Morgan fingerprint density at radius 2 is 1.93 bits per heavy atom. The maximum atomic E-state index is 10.4. The number of aliphatic hydroxyl groups excluding tert-OH is 1. The fraction of sp³-hybridized carbons (Fsp3) is 0.455. The standard InChI is InChI=1S/C22H30N2O3S/c1-3-4-18-5-6-21(22(13-18)26-2)27-16-20(25)15-24-10-8-23(9-11-24)14-19-7-12-28-17-19/h3-7,12-13,17,20,25H,8-11,14-16H2,1-2H3. The minimum atomic E-state index is -0.525. The zero-order valence-corrected chi connectivity index (χ0v) is 17.5. The van der Waals surface area contributed by atoms with Crippen LogP contribution in [0.4, 0.5) is 0 Å². The molecule has 0 aliphatic carbocycles. The van der Waals surface area contributed by atoms with Crippen LogP contribution in [0.15, 0.2) is 41.1 Å². The summed E-state index contributed by atoms with van der Waals surface area (Å²) < 4.78 is 11.2. The van der Waals surface area contributed by atoms with Crippen molar-refractivity contribution in [3.05, 3.63) is 52.2 Å². The first-order valence-electron chi connectivity index (χ1n) is 9.75. The predicted molar refractivity (Wildman–Crippen MR) is 115 cm³/mol. The number of benzene rings is 1. The van der Waals surface area contributed by atoms with Crippen molar-refractivity contribution < 1.29 is 14.6 Å². The molecular weight excluding hydrogens is 372 g/mol. The quantitative estimate of drug-likeness (QED) is 0.697. The molecule has 5 nitrogen and oxygen atoms in total. The first kappa shape index (κ1) is 20.9. The lowest BCUT2D eigenvalue weighted by atomic mass is 10.2. The summed E-state index contributed by atoms with van der Waals surface area (Å²) in [6.07, 6.45) is 3.47. The van der Waals surface area contributed by atoms with Gasteiger partial charge in [0.1, 0.15) is 12.7 Å². The van der Waals surface area contributed by atoms with E-state index in [1.54, 1.807) is 18.4 Å². The molecule has 28 heavy (non-hydrogen) atoms. The molecule has 0 amide bonds. The third kappa shape index (κ3) is 6.07. The van der Waals surface area contributed by atoms with Crippen LogP contribution in [-0.4, -0.2) is 67.5 Å². The van der Waals surface area contributed by atoms with E-state index in [1.165, 1.54) is 5.56 Å². The number of hydrogen-bond acceptors (Lipinski definition) is 6. The van der Waals surface area contributed by atoms with Gasteiger partial charge in [0.15, 0.2) is 11.5 Å². The Morgan fingerprint density at radius 3 is 2.61 bits per heavy atom. The average molecular weight is 403 g/mol. The van der Waals surface area contributed by atoms with Gasteiger partial charge in [-0.05, 0) is 47.0 Å². The van der Waals surface area contributed by atoms with Crippen LogP contribution in [-0.2, 0) is 6.54 Å². The molecule has 6 heteroatoms. The van der Waals surface area contributed by atoms with Crippen molar-refractivity contribution >= 4 is 17.4 Å². The predicted octanol–water partition coefficient (Wildman–Crippen LogP) is 3.35. The van der Waals surface area contributed by atoms with Crippen LogP contribution in [0.5, 0.6) is 11.5 Å². The molecule has 2 heterocycles. The summed E-state index contributed by atoms with van der Waals surface area (Å²) in [4.78, 5) is 4.78. The molecular formula is C22H30N2O3S. The van der Waals surface area contributed by atoms with Crippen LogP contribution in [0.1, 0.15) is 18.1 Å². The number of thiophene rings is 1. The van der Waals surface area contributed by atoms with Gasteiger partial charge in [0.25, 0.3) is 0 Å². The Bertz CT molecular complexity index is 740. The number of allylic oxidation sites excluding steroid dienone is 1. The molecule has 1 fully saturated rings. The third-order valence-electron chi connectivity index (χ3n) is 4.90. The van der Waals surface area contributed by atoms with Gasteiger partial charge in [-0.1, -0.05) is 18.2 Å². The monoisotopic (exact) mass is 402 g/mol. The van der Waals surface area contributed by atoms with Gasteiger partial charge in [0.2, 0.25) is 0 Å². The van der Waals surface area contributed by atoms with Gasteiger partial charge < -0.3 is 14.6 Å². The second-order valence-electron chi connectivity index (χ2n) is 7.08. The van der Waals surface area contributed by atoms with Crippen molar-refractivity contribution in [2.24, 2.45) is 0 Å². The lowest BCUT2D eigenvalue weighted by Gasteiger charge is -2.35. The van der Waals surface area contributed by atoms with Crippen LogP contribution in [0.25, 0.3) is 6.08 Å². The molecule has 1 atom stereocenters. The van der Waals surface area contributed by atoms with E-state index in [4.69, 9.17) is 9.47 Å². The van der Waals surface area contributed by atoms with E-state index >= 15 is 0 Å². The number of ether oxygens (including phenoxy) is 2. The number of nitrogens with zero attached hydrogens (tertiary/aromatic N) is 2. The molecule has 0 bridgehead atoms. The largest absolute Gasteiger partial charge is 0.493 e. The second kappa shape index (κ2) is 10.6. The summed E-state index contributed by atoms with van der Waals surface area (Å²) in [6.45, 7) is 7.90. The third-order valence-corrected chi connectivity index (χ3v) is 5.63. The van der Waals surface area contributed by atoms with Crippen molar-refractivity contribution in [2.75, 3.05) is 46.4 Å². The van der Waals surface area contributed by atoms with Gasteiger partial charge in [0, 0.05) is 39.3 Å². The summed E-state index contributed by atoms with van der Waals surface area (Å²) in [6, 6.07) is 8.01. The first-order chi connectivity index (χ1) is 13.7. The molecule has 3 rings (SSSR count). The molecule has 1 aliphatic heterocycles. The van der Waals surface area contributed by atoms with Crippen molar-refractivity contribution in [3.63, 3.8) is 0 Å². The molecule has 1 N–H and O–H groups in total. The van der Waals surface area contributed by atoms with E-state index < -0.39 is 6.10 Å². The van der Waals surface area contributed by atoms with E-state index in [2.05, 4.69) is 26.6 Å². The Morgan fingerprint density at radius 1 is 1.14 bits per heavy atom. The summed E-state index contributed by atoms with van der Waals surface area (Å²) in [5.41, 5.74) is 2.45. The highest BCUT2D eigenvalue weighted by Gasteiger charge is 2.20. The molecule has 0 spiro atoms. The SMILES string of the molecule is CC=Cc1ccc(OCC(O)CN2CCN(Cc3ccsc3)CC2)c(OC)c1. The Labute approximate surface area is 171 Å². The number of methoxy groups -OCH3 is 1. The summed E-state index contributed by atoms with van der Waals surface area (Å²) in [5.74, 6) is 1.35. The number of rotatable bonds is 9. The maximum absolute atomic E-state index is 10.4. The van der Waals surface area contributed by atoms with E-state index in [0.29, 0.717) is 18.0 Å². The Kier molecular flexibility index (Phi) is 7.91. The zero-order chi connectivity index (χ0) is 19.8. The molecule has 2 aromatic rings. The fourth-order valence-electron chi connectivity index (χ4n) is 3.41. The lowest BCUT2D eigenvalue weighted by molar-refractivity contribution is 0.0440. The molecule has 1 aliphatic rings. The molecule has 1 aromatic heterocycles. The maximum Gasteiger partial charge on any atom is 0.161 e. The topological polar surface area (TPSA) is 45.2 Å². The van der Waals surface area contributed by atoms with Crippen LogP contribution in [0.3, 0.4) is 0 Å². The van der Waals surface area contributed by atoms with Gasteiger partial charge in [-0.3, -0.25) is 9.80 Å². The second-order valence-corrected chi connectivity index (χ2v) is 7.86. The summed E-state index contributed by atoms with van der Waals surface area (Å²) >= 11 is 1.75. The van der Waals surface area contributed by atoms with Crippen molar-refractivity contribution in [2.45, 2.75) is 19.6 Å². The molecule has 152 valence electrons. The number of β-amino-alcohol motifs (C(OH)–C–C–N with tert-alkyl or cyclic N) is 1. The molecule has 1 saturated heterocycles. The van der Waals surface area contributed by atoms with Gasteiger partial charge >= 0.3 is 0 Å². The molecule has 0 radical (unpaired) electrons. The van der Waals surface area contributed by atoms with Crippen molar-refractivity contribution in [1.29, 1.82) is 0 Å². The van der Waals surface area contributed by atoms with E-state index in [0.717, 1.165) is 38.3 Å². The van der Waals surface area contributed by atoms with E-state index in [9.17, 15) is 5.11 Å². The normalized spacial score (nSPS) is 17.1. The fourth-order valence-corrected chi connectivity index (χ4v) is 4.07. The van der Waals surface area contributed by atoms with Crippen molar-refractivity contribution in [3.8, 4) is 11.5 Å².